The summed E-state index contributed by atoms with van der Waals surface area (Å²) in [6.45, 7) is 2.74. The van der Waals surface area contributed by atoms with Gasteiger partial charge in [-0.05, 0) is 31.6 Å². The van der Waals surface area contributed by atoms with Gasteiger partial charge < -0.3 is 5.11 Å². The van der Waals surface area contributed by atoms with Crippen LogP contribution in [0.25, 0.3) is 0 Å². The van der Waals surface area contributed by atoms with E-state index in [0.717, 1.165) is 38.5 Å². The van der Waals surface area contributed by atoms with Crippen LogP contribution in [-0.4, -0.2) is 35.0 Å². The highest BCUT2D eigenvalue weighted by atomic mass is 16.3. The first-order valence-electron chi connectivity index (χ1n) is 8.58. The van der Waals surface area contributed by atoms with Crippen molar-refractivity contribution in [1.29, 1.82) is 0 Å². The Labute approximate surface area is 127 Å². The van der Waals surface area contributed by atoms with Crippen LogP contribution < -0.4 is 0 Å². The monoisotopic (exact) mass is 295 g/mol. The molecule has 1 saturated carbocycles. The average molecular weight is 295 g/mol. The summed E-state index contributed by atoms with van der Waals surface area (Å²) in [6.07, 6.45) is 9.36. The van der Waals surface area contributed by atoms with Crippen LogP contribution in [0.2, 0.25) is 0 Å². The van der Waals surface area contributed by atoms with E-state index >= 15 is 0 Å². The Balaban J connectivity index is 2.06. The largest absolute Gasteiger partial charge is 0.396 e. The summed E-state index contributed by atoms with van der Waals surface area (Å²) >= 11 is 0. The molecule has 2 aliphatic rings. The molecule has 1 atom stereocenters. The smallest absolute Gasteiger partial charge is 0.235 e. The number of aliphatic hydroxyl groups is 1. The molecule has 1 N–H and O–H groups in total. The molecule has 120 valence electrons. The van der Waals surface area contributed by atoms with E-state index in [1.807, 2.05) is 0 Å². The van der Waals surface area contributed by atoms with Crippen molar-refractivity contribution in [2.24, 2.45) is 11.3 Å². The molecule has 1 aliphatic heterocycles. The van der Waals surface area contributed by atoms with E-state index in [4.69, 9.17) is 5.11 Å². The lowest BCUT2D eigenvalue weighted by molar-refractivity contribution is -0.142. The summed E-state index contributed by atoms with van der Waals surface area (Å²) in [5.41, 5.74) is -0.385. The van der Waals surface area contributed by atoms with Crippen molar-refractivity contribution in [3.8, 4) is 0 Å². The van der Waals surface area contributed by atoms with Gasteiger partial charge in [0.2, 0.25) is 11.8 Å². The van der Waals surface area contributed by atoms with E-state index in [9.17, 15) is 9.59 Å². The zero-order valence-corrected chi connectivity index (χ0v) is 13.3. The molecule has 2 rings (SSSR count). The molecule has 4 nitrogen and oxygen atoms in total. The maximum absolute atomic E-state index is 12.8. The number of carbonyl (C=O) groups excluding carboxylic acids is 2. The average Bonchev–Trinajstić information content (AvgIpc) is 2.64. The van der Waals surface area contributed by atoms with Crippen LogP contribution >= 0.6 is 0 Å². The molecule has 4 heteroatoms. The molecular formula is C17H29NO3. The van der Waals surface area contributed by atoms with Crippen molar-refractivity contribution in [1.82, 2.24) is 4.90 Å². The van der Waals surface area contributed by atoms with Gasteiger partial charge in [-0.1, -0.05) is 39.0 Å². The van der Waals surface area contributed by atoms with Crippen molar-refractivity contribution >= 4 is 11.8 Å². The lowest BCUT2D eigenvalue weighted by Crippen LogP contribution is -2.38. The van der Waals surface area contributed by atoms with Gasteiger partial charge in [0.25, 0.3) is 0 Å². The third-order valence-corrected chi connectivity index (χ3v) is 5.23. The number of carbonyl (C=O) groups is 2. The summed E-state index contributed by atoms with van der Waals surface area (Å²) < 4.78 is 0. The van der Waals surface area contributed by atoms with Gasteiger partial charge in [0, 0.05) is 19.6 Å². The molecule has 1 heterocycles. The number of aliphatic hydroxyl groups excluding tert-OH is 1. The molecule has 0 aromatic heterocycles. The molecule has 0 aromatic rings. The van der Waals surface area contributed by atoms with Crippen molar-refractivity contribution < 1.29 is 14.7 Å². The van der Waals surface area contributed by atoms with E-state index in [1.165, 1.54) is 17.7 Å². The zero-order chi connectivity index (χ0) is 15.3. The highest BCUT2D eigenvalue weighted by Gasteiger charge is 2.50. The third kappa shape index (κ3) is 3.65. The van der Waals surface area contributed by atoms with Crippen molar-refractivity contribution in [2.75, 3.05) is 13.2 Å². The fraction of sp³-hybridized carbons (Fsp3) is 0.882. The molecule has 2 fully saturated rings. The highest BCUT2D eigenvalue weighted by Crippen LogP contribution is 2.44. The highest BCUT2D eigenvalue weighted by molar-refractivity contribution is 6.05. The topological polar surface area (TPSA) is 57.6 Å². The van der Waals surface area contributed by atoms with Crippen molar-refractivity contribution in [2.45, 2.75) is 71.1 Å². The Morgan fingerprint density at radius 1 is 1.14 bits per heavy atom. The van der Waals surface area contributed by atoms with Gasteiger partial charge in [-0.15, -0.1) is 0 Å². The molecule has 1 aliphatic carbocycles. The quantitative estimate of drug-likeness (QED) is 0.767. The van der Waals surface area contributed by atoms with E-state index in [1.54, 1.807) is 0 Å². The SMILES string of the molecule is CCCC(CCO)CN1C(=O)CC2(CCCCCC2)C1=O. The second kappa shape index (κ2) is 7.39. The molecule has 21 heavy (non-hydrogen) atoms. The Bertz CT molecular complexity index is 366. The molecule has 1 unspecified atom stereocenters. The minimum atomic E-state index is -0.385. The van der Waals surface area contributed by atoms with Gasteiger partial charge in [-0.25, -0.2) is 0 Å². The summed E-state index contributed by atoms with van der Waals surface area (Å²) in [4.78, 5) is 26.7. The number of amides is 2. The lowest BCUT2D eigenvalue weighted by atomic mass is 9.79. The van der Waals surface area contributed by atoms with E-state index in [2.05, 4.69) is 6.92 Å². The minimum absolute atomic E-state index is 0.0148. The zero-order valence-electron chi connectivity index (χ0n) is 13.3. The molecular weight excluding hydrogens is 266 g/mol. The number of hydrogen-bond acceptors (Lipinski definition) is 3. The van der Waals surface area contributed by atoms with Crippen LogP contribution in [0.3, 0.4) is 0 Å². The van der Waals surface area contributed by atoms with Crippen molar-refractivity contribution in [3.05, 3.63) is 0 Å². The second-order valence-corrected chi connectivity index (χ2v) is 6.85. The summed E-state index contributed by atoms with van der Waals surface area (Å²) in [5, 5.41) is 9.16. The van der Waals surface area contributed by atoms with Crippen LogP contribution in [0, 0.1) is 11.3 Å². The maximum Gasteiger partial charge on any atom is 0.235 e. The second-order valence-electron chi connectivity index (χ2n) is 6.85. The molecule has 0 bridgehead atoms. The van der Waals surface area contributed by atoms with E-state index < -0.39 is 0 Å². The standard InChI is InChI=1S/C17H29NO3/c1-2-7-14(8-11-19)13-18-15(20)12-17(16(18)21)9-5-3-4-6-10-17/h14,19H,2-13H2,1H3. The number of likely N-dealkylation sites (tertiary alicyclic amines) is 1. The Kier molecular flexibility index (Phi) is 5.80. The first-order valence-corrected chi connectivity index (χ1v) is 8.58. The van der Waals surface area contributed by atoms with Gasteiger partial charge in [-0.3, -0.25) is 14.5 Å². The predicted molar refractivity (Wildman–Crippen MR) is 81.6 cm³/mol. The first-order chi connectivity index (χ1) is 10.1. The molecule has 1 saturated heterocycles. The molecule has 0 radical (unpaired) electrons. The van der Waals surface area contributed by atoms with Crippen LogP contribution in [-0.2, 0) is 9.59 Å². The first kappa shape index (κ1) is 16.5. The number of hydrogen-bond donors (Lipinski definition) is 1. The Morgan fingerprint density at radius 3 is 2.38 bits per heavy atom. The predicted octanol–water partition coefficient (Wildman–Crippen LogP) is 2.88. The fourth-order valence-electron chi connectivity index (χ4n) is 4.02. The van der Waals surface area contributed by atoms with E-state index in [-0.39, 0.29) is 29.8 Å². The van der Waals surface area contributed by atoms with Gasteiger partial charge in [0.05, 0.1) is 5.41 Å². The Hall–Kier alpha value is -0.900. The molecule has 2 amide bonds. The van der Waals surface area contributed by atoms with Crippen molar-refractivity contribution in [3.63, 3.8) is 0 Å². The van der Waals surface area contributed by atoms with Gasteiger partial charge in [-0.2, -0.15) is 0 Å². The number of nitrogens with zero attached hydrogens (tertiary/aromatic N) is 1. The summed E-state index contributed by atoms with van der Waals surface area (Å²) in [6, 6.07) is 0. The Morgan fingerprint density at radius 2 is 1.81 bits per heavy atom. The number of imide groups is 1. The maximum atomic E-state index is 12.8. The van der Waals surface area contributed by atoms with Gasteiger partial charge in [0.15, 0.2) is 0 Å². The van der Waals surface area contributed by atoms with Crippen LogP contribution in [0.5, 0.6) is 0 Å². The third-order valence-electron chi connectivity index (χ3n) is 5.23. The summed E-state index contributed by atoms with van der Waals surface area (Å²) in [5.74, 6) is 0.336. The van der Waals surface area contributed by atoms with Gasteiger partial charge >= 0.3 is 0 Å². The van der Waals surface area contributed by atoms with E-state index in [0.29, 0.717) is 19.4 Å². The van der Waals surface area contributed by atoms with Crippen LogP contribution in [0.1, 0.15) is 71.1 Å². The van der Waals surface area contributed by atoms with Crippen LogP contribution in [0.4, 0.5) is 0 Å². The van der Waals surface area contributed by atoms with Crippen LogP contribution in [0.15, 0.2) is 0 Å². The molecule has 1 spiro atoms. The molecule has 0 aromatic carbocycles. The summed E-state index contributed by atoms with van der Waals surface area (Å²) in [7, 11) is 0. The fourth-order valence-corrected chi connectivity index (χ4v) is 4.02. The van der Waals surface area contributed by atoms with Gasteiger partial charge in [0.1, 0.15) is 0 Å². The lowest BCUT2D eigenvalue weighted by Gasteiger charge is -2.27. The number of rotatable bonds is 6. The normalized spacial score (nSPS) is 23.6. The minimum Gasteiger partial charge on any atom is -0.396 e.